The van der Waals surface area contributed by atoms with Crippen LogP contribution in [-0.4, -0.2) is 9.55 Å². The Morgan fingerprint density at radius 2 is 2.18 bits per heavy atom. The molecule has 2 N–H and O–H groups in total. The number of aryl methyl sites for hydroxylation is 1. The van der Waals surface area contributed by atoms with Gasteiger partial charge in [0, 0.05) is 19.3 Å². The van der Waals surface area contributed by atoms with Crippen LogP contribution in [0.3, 0.4) is 0 Å². The minimum Gasteiger partial charge on any atom is -0.336 e. The van der Waals surface area contributed by atoms with E-state index < -0.39 is 11.6 Å². The van der Waals surface area contributed by atoms with Gasteiger partial charge in [-0.25, -0.2) is 13.8 Å². The van der Waals surface area contributed by atoms with Crippen LogP contribution in [0.1, 0.15) is 17.3 Å². The Morgan fingerprint density at radius 1 is 1.41 bits per heavy atom. The summed E-state index contributed by atoms with van der Waals surface area (Å²) in [6.45, 7) is 0. The number of benzene rings is 1. The molecule has 90 valence electrons. The van der Waals surface area contributed by atoms with E-state index in [1.807, 2.05) is 7.05 Å². The third-order valence-electron chi connectivity index (χ3n) is 2.69. The van der Waals surface area contributed by atoms with Crippen molar-refractivity contribution >= 4 is 0 Å². The molecule has 5 heteroatoms. The van der Waals surface area contributed by atoms with Crippen LogP contribution in [-0.2, 0) is 13.5 Å². The number of imidazole rings is 1. The number of nitrogens with two attached hydrogens (primary N) is 1. The van der Waals surface area contributed by atoms with E-state index in [1.54, 1.807) is 17.1 Å². The van der Waals surface area contributed by atoms with Crippen LogP contribution in [0.4, 0.5) is 8.78 Å². The minimum atomic E-state index is -0.583. The quantitative estimate of drug-likeness (QED) is 0.886. The molecule has 0 saturated heterocycles. The normalized spacial score (nSPS) is 12.7. The molecule has 0 fully saturated rings. The first-order valence-electron chi connectivity index (χ1n) is 5.23. The highest BCUT2D eigenvalue weighted by molar-refractivity contribution is 5.21. The first-order chi connectivity index (χ1) is 8.08. The van der Waals surface area contributed by atoms with E-state index in [1.165, 1.54) is 12.1 Å². The average Bonchev–Trinajstić information content (AvgIpc) is 2.68. The lowest BCUT2D eigenvalue weighted by Gasteiger charge is -2.12. The zero-order valence-electron chi connectivity index (χ0n) is 9.40. The zero-order valence-corrected chi connectivity index (χ0v) is 9.40. The van der Waals surface area contributed by atoms with E-state index in [0.29, 0.717) is 12.0 Å². The number of hydrogen-bond acceptors (Lipinski definition) is 2. The fourth-order valence-electron chi connectivity index (χ4n) is 1.75. The number of halogens is 2. The second kappa shape index (κ2) is 4.63. The third-order valence-corrected chi connectivity index (χ3v) is 2.69. The highest BCUT2D eigenvalue weighted by Gasteiger charge is 2.13. The molecule has 17 heavy (non-hydrogen) atoms. The molecule has 2 rings (SSSR count). The highest BCUT2D eigenvalue weighted by Crippen LogP contribution is 2.18. The van der Waals surface area contributed by atoms with Crippen LogP contribution < -0.4 is 5.73 Å². The van der Waals surface area contributed by atoms with Crippen LogP contribution in [0.15, 0.2) is 30.7 Å². The van der Waals surface area contributed by atoms with Crippen LogP contribution in [0.2, 0.25) is 0 Å². The molecule has 1 unspecified atom stereocenters. The number of aromatic nitrogens is 2. The van der Waals surface area contributed by atoms with Crippen LogP contribution >= 0.6 is 0 Å². The first kappa shape index (κ1) is 11.7. The predicted molar refractivity (Wildman–Crippen MR) is 60.2 cm³/mol. The Labute approximate surface area is 97.9 Å². The summed E-state index contributed by atoms with van der Waals surface area (Å²) in [6.07, 6.45) is 3.59. The molecule has 0 aliphatic carbocycles. The lowest BCUT2D eigenvalue weighted by atomic mass is 10.0. The van der Waals surface area contributed by atoms with Gasteiger partial charge in [0.2, 0.25) is 0 Å². The summed E-state index contributed by atoms with van der Waals surface area (Å²) in [5, 5.41) is 0. The van der Waals surface area contributed by atoms with Crippen molar-refractivity contribution in [2.24, 2.45) is 12.8 Å². The predicted octanol–water partition coefficient (Wildman–Crippen LogP) is 1.94. The van der Waals surface area contributed by atoms with Gasteiger partial charge in [-0.2, -0.15) is 0 Å². The van der Waals surface area contributed by atoms with Gasteiger partial charge in [-0.3, -0.25) is 0 Å². The largest absolute Gasteiger partial charge is 0.336 e. The van der Waals surface area contributed by atoms with Gasteiger partial charge in [0.15, 0.2) is 0 Å². The molecule has 2 aromatic rings. The summed E-state index contributed by atoms with van der Waals surface area (Å²) < 4.78 is 28.0. The van der Waals surface area contributed by atoms with Crippen molar-refractivity contribution in [1.82, 2.24) is 9.55 Å². The molecular formula is C12H13F2N3. The molecule has 0 amide bonds. The SMILES string of the molecule is Cn1cncc1C(N)Cc1ccc(F)cc1F. The first-order valence-corrected chi connectivity index (χ1v) is 5.23. The maximum atomic E-state index is 13.4. The molecule has 0 radical (unpaired) electrons. The van der Waals surface area contributed by atoms with Crippen LogP contribution in [0.5, 0.6) is 0 Å². The molecule has 1 aromatic heterocycles. The monoisotopic (exact) mass is 237 g/mol. The van der Waals surface area contributed by atoms with Gasteiger partial charge < -0.3 is 10.3 Å². The van der Waals surface area contributed by atoms with Crippen LogP contribution in [0.25, 0.3) is 0 Å². The molecule has 1 aromatic carbocycles. The standard InChI is InChI=1S/C12H13F2N3/c1-17-7-16-6-12(17)11(15)4-8-2-3-9(13)5-10(8)14/h2-3,5-7,11H,4,15H2,1H3. The Kier molecular flexibility index (Phi) is 3.19. The average molecular weight is 237 g/mol. The lowest BCUT2D eigenvalue weighted by molar-refractivity contribution is 0.558. The Morgan fingerprint density at radius 3 is 2.76 bits per heavy atom. The fourth-order valence-corrected chi connectivity index (χ4v) is 1.75. The molecule has 0 aliphatic heterocycles. The third kappa shape index (κ3) is 2.50. The van der Waals surface area contributed by atoms with Gasteiger partial charge >= 0.3 is 0 Å². The minimum absolute atomic E-state index is 0.311. The topological polar surface area (TPSA) is 43.8 Å². The summed E-state index contributed by atoms with van der Waals surface area (Å²) in [7, 11) is 1.82. The zero-order chi connectivity index (χ0) is 12.4. The summed E-state index contributed by atoms with van der Waals surface area (Å²) in [5.74, 6) is -1.15. The maximum absolute atomic E-state index is 13.4. The fraction of sp³-hybridized carbons (Fsp3) is 0.250. The van der Waals surface area contributed by atoms with Gasteiger partial charge in [0.05, 0.1) is 18.1 Å². The van der Waals surface area contributed by atoms with Crippen molar-refractivity contribution in [3.05, 3.63) is 53.6 Å². The molecular weight excluding hydrogens is 224 g/mol. The van der Waals surface area contributed by atoms with Crippen LogP contribution in [0, 0.1) is 11.6 Å². The summed E-state index contributed by atoms with van der Waals surface area (Å²) >= 11 is 0. The van der Waals surface area contributed by atoms with Gasteiger partial charge in [0.25, 0.3) is 0 Å². The van der Waals surface area contributed by atoms with Crippen molar-refractivity contribution in [1.29, 1.82) is 0 Å². The molecule has 0 aliphatic rings. The summed E-state index contributed by atoms with van der Waals surface area (Å²) in [5.41, 5.74) is 7.17. The van der Waals surface area contributed by atoms with Crippen molar-refractivity contribution in [3.8, 4) is 0 Å². The molecule has 0 spiro atoms. The number of hydrogen-bond donors (Lipinski definition) is 1. The van der Waals surface area contributed by atoms with E-state index in [0.717, 1.165) is 11.8 Å². The van der Waals surface area contributed by atoms with E-state index in [2.05, 4.69) is 4.98 Å². The Bertz CT molecular complexity index is 522. The molecule has 0 bridgehead atoms. The molecule has 1 heterocycles. The van der Waals surface area contributed by atoms with E-state index in [4.69, 9.17) is 5.73 Å². The number of nitrogens with zero attached hydrogens (tertiary/aromatic N) is 2. The van der Waals surface area contributed by atoms with E-state index in [-0.39, 0.29) is 6.04 Å². The Balaban J connectivity index is 2.19. The van der Waals surface area contributed by atoms with Gasteiger partial charge in [-0.1, -0.05) is 6.07 Å². The smallest absolute Gasteiger partial charge is 0.129 e. The van der Waals surface area contributed by atoms with E-state index in [9.17, 15) is 8.78 Å². The second-order valence-corrected chi connectivity index (χ2v) is 3.98. The Hall–Kier alpha value is -1.75. The maximum Gasteiger partial charge on any atom is 0.129 e. The van der Waals surface area contributed by atoms with Gasteiger partial charge in [-0.15, -0.1) is 0 Å². The highest BCUT2D eigenvalue weighted by atomic mass is 19.1. The summed E-state index contributed by atoms with van der Waals surface area (Å²) in [4.78, 5) is 3.95. The molecule has 1 atom stereocenters. The summed E-state index contributed by atoms with van der Waals surface area (Å²) in [6, 6.07) is 3.16. The molecule has 0 saturated carbocycles. The van der Waals surface area contributed by atoms with Crippen molar-refractivity contribution < 1.29 is 8.78 Å². The number of rotatable bonds is 3. The van der Waals surface area contributed by atoms with Crippen molar-refractivity contribution in [3.63, 3.8) is 0 Å². The van der Waals surface area contributed by atoms with E-state index >= 15 is 0 Å². The molecule has 3 nitrogen and oxygen atoms in total. The van der Waals surface area contributed by atoms with Crippen molar-refractivity contribution in [2.45, 2.75) is 12.5 Å². The second-order valence-electron chi connectivity index (χ2n) is 3.98. The van der Waals surface area contributed by atoms with Gasteiger partial charge in [-0.05, 0) is 18.1 Å². The van der Waals surface area contributed by atoms with Gasteiger partial charge in [0.1, 0.15) is 11.6 Å². The lowest BCUT2D eigenvalue weighted by Crippen LogP contribution is -2.17. The van der Waals surface area contributed by atoms with Crippen molar-refractivity contribution in [2.75, 3.05) is 0 Å².